The second-order valence-electron chi connectivity index (χ2n) is 5.08. The van der Waals surface area contributed by atoms with Crippen LogP contribution < -0.4 is 10.1 Å². The number of amides is 1. The van der Waals surface area contributed by atoms with E-state index in [-0.39, 0.29) is 28.3 Å². The number of halogens is 2. The van der Waals surface area contributed by atoms with E-state index in [0.717, 1.165) is 12.1 Å². The molecule has 8 heteroatoms. The van der Waals surface area contributed by atoms with Gasteiger partial charge in [0.15, 0.2) is 11.6 Å². The summed E-state index contributed by atoms with van der Waals surface area (Å²) in [5.41, 5.74) is -0.527. The minimum Gasteiger partial charge on any atom is -0.454 e. The van der Waals surface area contributed by atoms with E-state index in [4.69, 9.17) is 10.00 Å². The van der Waals surface area contributed by atoms with Gasteiger partial charge in [-0.1, -0.05) is 6.07 Å². The molecule has 0 aliphatic rings. The molecule has 1 heterocycles. The Hall–Kier alpha value is -3.86. The van der Waals surface area contributed by atoms with Crippen molar-refractivity contribution in [1.82, 2.24) is 9.97 Å². The maximum atomic E-state index is 14.1. The lowest BCUT2D eigenvalue weighted by molar-refractivity contribution is 0.102. The molecule has 1 N–H and O–H groups in total. The fourth-order valence-electron chi connectivity index (χ4n) is 2.16. The number of rotatable bonds is 4. The number of ether oxygens (including phenoxy) is 1. The summed E-state index contributed by atoms with van der Waals surface area (Å²) in [7, 11) is 0. The summed E-state index contributed by atoms with van der Waals surface area (Å²) in [5.74, 6) is -2.05. The second kappa shape index (κ2) is 7.36. The van der Waals surface area contributed by atoms with E-state index in [9.17, 15) is 13.6 Å². The van der Waals surface area contributed by atoms with Gasteiger partial charge < -0.3 is 10.1 Å². The molecular formula is C18H10F2N4O2. The van der Waals surface area contributed by atoms with Gasteiger partial charge in [-0.15, -0.1) is 0 Å². The van der Waals surface area contributed by atoms with E-state index < -0.39 is 17.5 Å². The van der Waals surface area contributed by atoms with E-state index in [1.54, 1.807) is 6.07 Å². The van der Waals surface area contributed by atoms with Crippen molar-refractivity contribution in [3.05, 3.63) is 77.9 Å². The number of hydrogen-bond acceptors (Lipinski definition) is 5. The van der Waals surface area contributed by atoms with E-state index >= 15 is 0 Å². The van der Waals surface area contributed by atoms with Gasteiger partial charge >= 0.3 is 0 Å². The molecule has 6 nitrogen and oxygen atoms in total. The molecule has 1 aromatic heterocycles. The highest BCUT2D eigenvalue weighted by Crippen LogP contribution is 2.25. The number of aromatic nitrogens is 2. The zero-order valence-corrected chi connectivity index (χ0v) is 13.1. The molecule has 2 aromatic carbocycles. The lowest BCUT2D eigenvalue weighted by Crippen LogP contribution is -2.14. The zero-order chi connectivity index (χ0) is 18.5. The van der Waals surface area contributed by atoms with Crippen molar-refractivity contribution in [1.29, 1.82) is 5.26 Å². The summed E-state index contributed by atoms with van der Waals surface area (Å²) in [4.78, 5) is 19.8. The largest absolute Gasteiger partial charge is 0.454 e. The predicted molar refractivity (Wildman–Crippen MR) is 87.6 cm³/mol. The van der Waals surface area contributed by atoms with Gasteiger partial charge in [0.2, 0.25) is 0 Å². The number of hydrogen-bond donors (Lipinski definition) is 1. The number of nitrogens with zero attached hydrogens (tertiary/aromatic N) is 3. The van der Waals surface area contributed by atoms with E-state index in [2.05, 4.69) is 15.3 Å². The third-order valence-corrected chi connectivity index (χ3v) is 3.27. The Kier molecular flexibility index (Phi) is 4.80. The molecular weight excluding hydrogens is 342 g/mol. The minimum atomic E-state index is -0.943. The Morgan fingerprint density at radius 1 is 1.12 bits per heavy atom. The Balaban J connectivity index is 1.84. The fourth-order valence-corrected chi connectivity index (χ4v) is 2.16. The highest BCUT2D eigenvalue weighted by Gasteiger charge is 2.16. The number of nitrogens with one attached hydrogen (secondary N) is 1. The predicted octanol–water partition coefficient (Wildman–Crippen LogP) is 3.67. The van der Waals surface area contributed by atoms with Crippen LogP contribution in [0.25, 0.3) is 0 Å². The maximum Gasteiger partial charge on any atom is 0.258 e. The molecule has 0 atom stereocenters. The Bertz CT molecular complexity index is 1000. The Morgan fingerprint density at radius 2 is 1.88 bits per heavy atom. The van der Waals surface area contributed by atoms with Crippen LogP contribution in [-0.4, -0.2) is 15.9 Å². The van der Waals surface area contributed by atoms with Crippen LogP contribution in [0.2, 0.25) is 0 Å². The molecule has 0 aliphatic heterocycles. The fraction of sp³-hybridized carbons (Fsp3) is 0. The maximum absolute atomic E-state index is 14.1. The van der Waals surface area contributed by atoms with Gasteiger partial charge in [0.25, 0.3) is 5.91 Å². The molecule has 3 aromatic rings. The van der Waals surface area contributed by atoms with E-state index in [1.165, 1.54) is 43.0 Å². The first kappa shape index (κ1) is 17.0. The first-order valence-electron chi connectivity index (χ1n) is 7.30. The Labute approximate surface area is 146 Å². The van der Waals surface area contributed by atoms with Crippen molar-refractivity contribution >= 4 is 11.6 Å². The molecule has 0 saturated heterocycles. The van der Waals surface area contributed by atoms with Crippen molar-refractivity contribution in [3.8, 4) is 17.6 Å². The summed E-state index contributed by atoms with van der Waals surface area (Å²) in [6, 6.07) is 9.04. The number of nitriles is 1. The number of carbonyl (C=O) groups is 1. The van der Waals surface area contributed by atoms with Crippen LogP contribution in [0.5, 0.6) is 11.5 Å². The highest BCUT2D eigenvalue weighted by atomic mass is 19.1. The molecule has 128 valence electrons. The van der Waals surface area contributed by atoms with Crippen molar-refractivity contribution < 1.29 is 18.3 Å². The summed E-state index contributed by atoms with van der Waals surface area (Å²) in [5, 5.41) is 11.2. The average Bonchev–Trinajstić information content (AvgIpc) is 2.62. The summed E-state index contributed by atoms with van der Waals surface area (Å²) in [6.45, 7) is 0. The monoisotopic (exact) mass is 352 g/mol. The number of benzene rings is 2. The topological polar surface area (TPSA) is 87.9 Å². The third-order valence-electron chi connectivity index (χ3n) is 3.27. The van der Waals surface area contributed by atoms with Crippen LogP contribution >= 0.6 is 0 Å². The van der Waals surface area contributed by atoms with Crippen LogP contribution in [0.15, 0.2) is 55.1 Å². The SMILES string of the molecule is N#Cc1cccc(C(=O)Nc2cc(F)cc(Oc3cncnc3)c2)c1F. The number of carbonyl (C=O) groups excluding carboxylic acids is 1. The molecule has 0 bridgehead atoms. The first-order chi connectivity index (χ1) is 12.6. The highest BCUT2D eigenvalue weighted by molar-refractivity contribution is 6.04. The van der Waals surface area contributed by atoms with Gasteiger partial charge in [-0.05, 0) is 18.2 Å². The molecule has 26 heavy (non-hydrogen) atoms. The lowest BCUT2D eigenvalue weighted by atomic mass is 10.1. The molecule has 0 saturated carbocycles. The van der Waals surface area contributed by atoms with Crippen LogP contribution in [0.1, 0.15) is 15.9 Å². The van der Waals surface area contributed by atoms with E-state index in [1.807, 2.05) is 0 Å². The van der Waals surface area contributed by atoms with Gasteiger partial charge in [0.1, 0.15) is 24.0 Å². The van der Waals surface area contributed by atoms with Crippen LogP contribution in [-0.2, 0) is 0 Å². The van der Waals surface area contributed by atoms with Crippen molar-refractivity contribution in [2.24, 2.45) is 0 Å². The third kappa shape index (κ3) is 3.79. The van der Waals surface area contributed by atoms with Gasteiger partial charge in [0, 0.05) is 17.8 Å². The van der Waals surface area contributed by atoms with Crippen LogP contribution in [0, 0.1) is 23.0 Å². The van der Waals surface area contributed by atoms with Crippen molar-refractivity contribution in [3.63, 3.8) is 0 Å². The van der Waals surface area contributed by atoms with Crippen molar-refractivity contribution in [2.45, 2.75) is 0 Å². The molecule has 0 aliphatic carbocycles. The van der Waals surface area contributed by atoms with Gasteiger partial charge in [0.05, 0.1) is 23.5 Å². The molecule has 0 unspecified atom stereocenters. The van der Waals surface area contributed by atoms with E-state index in [0.29, 0.717) is 0 Å². The Morgan fingerprint density at radius 3 is 2.62 bits per heavy atom. The van der Waals surface area contributed by atoms with Gasteiger partial charge in [-0.25, -0.2) is 18.7 Å². The smallest absolute Gasteiger partial charge is 0.258 e. The first-order valence-corrected chi connectivity index (χ1v) is 7.30. The zero-order valence-electron chi connectivity index (χ0n) is 13.1. The molecule has 0 fully saturated rings. The summed E-state index contributed by atoms with van der Waals surface area (Å²) in [6.07, 6.45) is 4.09. The molecule has 3 rings (SSSR count). The van der Waals surface area contributed by atoms with Crippen LogP contribution in [0.4, 0.5) is 14.5 Å². The lowest BCUT2D eigenvalue weighted by Gasteiger charge is -2.10. The standard InChI is InChI=1S/C18H10F2N4O2/c19-12-4-13(6-14(5-12)26-15-8-22-10-23-9-15)24-18(25)16-3-1-2-11(7-21)17(16)20/h1-6,8-10H,(H,24,25). The normalized spacial score (nSPS) is 10.0. The van der Waals surface area contributed by atoms with Gasteiger partial charge in [-0.3, -0.25) is 4.79 Å². The molecule has 0 spiro atoms. The quantitative estimate of drug-likeness (QED) is 0.774. The summed E-state index contributed by atoms with van der Waals surface area (Å²) < 4.78 is 33.3. The molecule has 1 amide bonds. The summed E-state index contributed by atoms with van der Waals surface area (Å²) >= 11 is 0. The average molecular weight is 352 g/mol. The second-order valence-corrected chi connectivity index (χ2v) is 5.08. The van der Waals surface area contributed by atoms with Gasteiger partial charge in [-0.2, -0.15) is 5.26 Å². The number of anilines is 1. The minimum absolute atomic E-state index is 0.0589. The van der Waals surface area contributed by atoms with Crippen LogP contribution in [0.3, 0.4) is 0 Å². The molecule has 0 radical (unpaired) electrons. The van der Waals surface area contributed by atoms with Crippen molar-refractivity contribution in [2.75, 3.05) is 5.32 Å².